The van der Waals surface area contributed by atoms with E-state index in [-0.39, 0.29) is 11.5 Å². The zero-order chi connectivity index (χ0) is 17.6. The van der Waals surface area contributed by atoms with Crippen LogP contribution in [-0.4, -0.2) is 5.78 Å². The molecule has 1 aliphatic heterocycles. The molecule has 0 saturated carbocycles. The van der Waals surface area contributed by atoms with Crippen molar-refractivity contribution in [3.63, 3.8) is 0 Å². The highest BCUT2D eigenvalue weighted by molar-refractivity contribution is 6.35. The lowest BCUT2D eigenvalue weighted by Gasteiger charge is -2.01. The number of allylic oxidation sites excluding steroid dienone is 1. The first-order chi connectivity index (χ1) is 12.0. The number of furan rings is 1. The lowest BCUT2D eigenvalue weighted by atomic mass is 10.1. The van der Waals surface area contributed by atoms with E-state index in [1.165, 1.54) is 0 Å². The first-order valence-electron chi connectivity index (χ1n) is 7.61. The van der Waals surface area contributed by atoms with Gasteiger partial charge in [-0.25, -0.2) is 0 Å². The van der Waals surface area contributed by atoms with E-state index >= 15 is 0 Å². The van der Waals surface area contributed by atoms with Crippen molar-refractivity contribution >= 4 is 35.1 Å². The first-order valence-corrected chi connectivity index (χ1v) is 8.37. The van der Waals surface area contributed by atoms with E-state index in [9.17, 15) is 4.79 Å². The maximum Gasteiger partial charge on any atom is 0.232 e. The van der Waals surface area contributed by atoms with Crippen molar-refractivity contribution in [1.82, 2.24) is 0 Å². The summed E-state index contributed by atoms with van der Waals surface area (Å²) in [6.45, 7) is 1.93. The fourth-order valence-electron chi connectivity index (χ4n) is 2.69. The maximum absolute atomic E-state index is 12.5. The SMILES string of the molecule is Cc1ccc2c(c1)C(=O)/C(=C/c1ccc(-c3cc(Cl)ccc3Cl)o1)O2. The average Bonchev–Trinajstić information content (AvgIpc) is 3.16. The van der Waals surface area contributed by atoms with E-state index in [0.29, 0.717) is 38.4 Å². The Hall–Kier alpha value is -2.49. The lowest BCUT2D eigenvalue weighted by molar-refractivity contribution is 0.101. The molecule has 0 unspecified atom stereocenters. The van der Waals surface area contributed by atoms with Gasteiger partial charge in [0.2, 0.25) is 5.78 Å². The molecular weight excluding hydrogens is 359 g/mol. The van der Waals surface area contributed by atoms with Gasteiger partial charge in [0.1, 0.15) is 17.3 Å². The molecule has 0 bridgehead atoms. The van der Waals surface area contributed by atoms with Gasteiger partial charge in [0.15, 0.2) is 5.76 Å². The molecule has 25 heavy (non-hydrogen) atoms. The Morgan fingerprint density at radius 1 is 0.960 bits per heavy atom. The molecule has 0 N–H and O–H groups in total. The third-order valence-electron chi connectivity index (χ3n) is 3.92. The van der Waals surface area contributed by atoms with Gasteiger partial charge in [0.05, 0.1) is 10.6 Å². The highest BCUT2D eigenvalue weighted by atomic mass is 35.5. The molecule has 0 spiro atoms. The zero-order valence-electron chi connectivity index (χ0n) is 13.2. The van der Waals surface area contributed by atoms with Crippen LogP contribution in [-0.2, 0) is 0 Å². The van der Waals surface area contributed by atoms with Crippen LogP contribution < -0.4 is 4.74 Å². The molecule has 2 aromatic carbocycles. The van der Waals surface area contributed by atoms with Gasteiger partial charge in [-0.3, -0.25) is 4.79 Å². The van der Waals surface area contributed by atoms with Gasteiger partial charge in [-0.1, -0.05) is 34.8 Å². The topological polar surface area (TPSA) is 39.4 Å². The zero-order valence-corrected chi connectivity index (χ0v) is 14.7. The molecule has 5 heteroatoms. The van der Waals surface area contributed by atoms with Crippen molar-refractivity contribution in [3.05, 3.63) is 81.2 Å². The first kappa shape index (κ1) is 16.0. The van der Waals surface area contributed by atoms with E-state index in [4.69, 9.17) is 32.4 Å². The van der Waals surface area contributed by atoms with Gasteiger partial charge in [0, 0.05) is 16.7 Å². The van der Waals surface area contributed by atoms with E-state index in [0.717, 1.165) is 5.56 Å². The van der Waals surface area contributed by atoms with Gasteiger partial charge in [0.25, 0.3) is 0 Å². The molecule has 4 rings (SSSR count). The number of carbonyl (C=O) groups is 1. The van der Waals surface area contributed by atoms with Crippen molar-refractivity contribution in [3.8, 4) is 17.1 Å². The van der Waals surface area contributed by atoms with Crippen LogP contribution in [0.25, 0.3) is 17.4 Å². The van der Waals surface area contributed by atoms with Crippen LogP contribution in [0.4, 0.5) is 0 Å². The number of hydrogen-bond acceptors (Lipinski definition) is 3. The van der Waals surface area contributed by atoms with E-state index in [1.807, 2.05) is 19.1 Å². The normalized spacial score (nSPS) is 14.7. The molecule has 124 valence electrons. The highest BCUT2D eigenvalue weighted by Gasteiger charge is 2.27. The second-order valence-electron chi connectivity index (χ2n) is 5.77. The molecule has 1 aliphatic rings. The second-order valence-corrected chi connectivity index (χ2v) is 6.61. The molecule has 3 nitrogen and oxygen atoms in total. The van der Waals surface area contributed by atoms with Crippen LogP contribution in [0.1, 0.15) is 21.7 Å². The van der Waals surface area contributed by atoms with Crippen LogP contribution in [0.3, 0.4) is 0 Å². The van der Waals surface area contributed by atoms with Crippen molar-refractivity contribution in [2.24, 2.45) is 0 Å². The van der Waals surface area contributed by atoms with Gasteiger partial charge >= 0.3 is 0 Å². The van der Waals surface area contributed by atoms with Crippen molar-refractivity contribution in [2.75, 3.05) is 0 Å². The third kappa shape index (κ3) is 2.97. The number of rotatable bonds is 2. The van der Waals surface area contributed by atoms with Gasteiger partial charge in [-0.05, 0) is 49.4 Å². The number of carbonyl (C=O) groups excluding carboxylic acids is 1. The summed E-state index contributed by atoms with van der Waals surface area (Å²) in [6.07, 6.45) is 1.58. The molecule has 0 fully saturated rings. The summed E-state index contributed by atoms with van der Waals surface area (Å²) in [5, 5.41) is 1.10. The third-order valence-corrected chi connectivity index (χ3v) is 4.48. The van der Waals surface area contributed by atoms with Crippen molar-refractivity contribution in [2.45, 2.75) is 6.92 Å². The maximum atomic E-state index is 12.5. The predicted molar refractivity (Wildman–Crippen MR) is 98.3 cm³/mol. The number of Topliss-reactive ketones (excluding diaryl/α,β-unsaturated/α-hetero) is 1. The molecule has 0 atom stereocenters. The molecule has 2 heterocycles. The molecule has 3 aromatic rings. The summed E-state index contributed by atoms with van der Waals surface area (Å²) < 4.78 is 11.4. The minimum atomic E-state index is -0.155. The van der Waals surface area contributed by atoms with E-state index in [2.05, 4.69) is 0 Å². The number of fused-ring (bicyclic) bond motifs is 1. The number of ketones is 1. The molecular formula is C20H12Cl2O3. The second kappa shape index (κ2) is 6.10. The smallest absolute Gasteiger partial charge is 0.232 e. The van der Waals surface area contributed by atoms with Crippen LogP contribution in [0.5, 0.6) is 5.75 Å². The minimum absolute atomic E-state index is 0.155. The Bertz CT molecular complexity index is 1030. The standard InChI is InChI=1S/C20H12Cl2O3/c1-11-2-6-18-15(8-11)20(23)19(25-18)10-13-4-7-17(24-13)14-9-12(21)3-5-16(14)22/h2-10H,1H3/b19-10-. The Labute approximate surface area is 154 Å². The number of hydrogen-bond donors (Lipinski definition) is 0. The summed E-state index contributed by atoms with van der Waals surface area (Å²) in [5.74, 6) is 1.71. The largest absolute Gasteiger partial charge is 0.457 e. The fourth-order valence-corrected chi connectivity index (χ4v) is 3.08. The summed E-state index contributed by atoms with van der Waals surface area (Å²) in [5.41, 5.74) is 2.26. The monoisotopic (exact) mass is 370 g/mol. The van der Waals surface area contributed by atoms with E-state index in [1.54, 1.807) is 42.5 Å². The number of benzene rings is 2. The van der Waals surface area contributed by atoms with Crippen molar-refractivity contribution in [1.29, 1.82) is 0 Å². The lowest BCUT2D eigenvalue weighted by Crippen LogP contribution is -1.97. The van der Waals surface area contributed by atoms with Crippen LogP contribution in [0, 0.1) is 6.92 Å². The number of halogens is 2. The van der Waals surface area contributed by atoms with Gasteiger partial charge in [-0.15, -0.1) is 0 Å². The minimum Gasteiger partial charge on any atom is -0.457 e. The van der Waals surface area contributed by atoms with Gasteiger partial charge < -0.3 is 9.15 Å². The van der Waals surface area contributed by atoms with Crippen LogP contribution >= 0.6 is 23.2 Å². The fraction of sp³-hybridized carbons (Fsp3) is 0.0500. The Morgan fingerprint density at radius 3 is 2.64 bits per heavy atom. The summed E-state index contributed by atoms with van der Waals surface area (Å²) in [6, 6.07) is 14.2. The summed E-state index contributed by atoms with van der Waals surface area (Å²) in [7, 11) is 0. The highest BCUT2D eigenvalue weighted by Crippen LogP contribution is 2.35. The van der Waals surface area contributed by atoms with Crippen LogP contribution in [0.2, 0.25) is 10.0 Å². The van der Waals surface area contributed by atoms with Crippen molar-refractivity contribution < 1.29 is 13.9 Å². The molecule has 0 radical (unpaired) electrons. The summed E-state index contributed by atoms with van der Waals surface area (Å²) >= 11 is 12.2. The predicted octanol–water partition coefficient (Wildman–Crippen LogP) is 6.18. The van der Waals surface area contributed by atoms with Gasteiger partial charge in [-0.2, -0.15) is 0 Å². The van der Waals surface area contributed by atoms with Crippen LogP contribution in [0.15, 0.2) is 58.7 Å². The molecule has 0 amide bonds. The van der Waals surface area contributed by atoms with E-state index < -0.39 is 0 Å². The average molecular weight is 371 g/mol. The molecule has 0 saturated heterocycles. The Kier molecular flexibility index (Phi) is 3.91. The Balaban J connectivity index is 1.67. The summed E-state index contributed by atoms with van der Waals surface area (Å²) in [4.78, 5) is 12.5. The molecule has 0 aliphatic carbocycles. The number of ether oxygens (including phenoxy) is 1. The quantitative estimate of drug-likeness (QED) is 0.505. The Morgan fingerprint density at radius 2 is 1.80 bits per heavy atom. The number of aryl methyl sites for hydroxylation is 1. The molecule has 1 aromatic heterocycles.